The van der Waals surface area contributed by atoms with E-state index < -0.39 is 0 Å². The third-order valence-corrected chi connectivity index (χ3v) is 3.30. The summed E-state index contributed by atoms with van der Waals surface area (Å²) < 4.78 is 5.53. The van der Waals surface area contributed by atoms with Crippen LogP contribution in [-0.2, 0) is 11.2 Å². The van der Waals surface area contributed by atoms with Crippen molar-refractivity contribution in [2.24, 2.45) is 0 Å². The van der Waals surface area contributed by atoms with E-state index in [1.54, 1.807) is 13.2 Å². The monoisotopic (exact) mass is 236 g/mol. The van der Waals surface area contributed by atoms with E-state index in [4.69, 9.17) is 4.42 Å². The number of aromatic nitrogens is 1. The Morgan fingerprint density at radius 3 is 3.12 bits per heavy atom. The number of carbonyl (C=O) groups is 1. The molecule has 0 aromatic carbocycles. The van der Waals surface area contributed by atoms with Crippen molar-refractivity contribution in [2.45, 2.75) is 45.6 Å². The van der Waals surface area contributed by atoms with Gasteiger partial charge in [0.25, 0.3) is 0 Å². The van der Waals surface area contributed by atoms with Gasteiger partial charge in [0.1, 0.15) is 12.0 Å². The highest BCUT2D eigenvalue weighted by Crippen LogP contribution is 2.29. The zero-order valence-corrected chi connectivity index (χ0v) is 10.6. The van der Waals surface area contributed by atoms with Gasteiger partial charge in [0.15, 0.2) is 0 Å². The molecule has 4 nitrogen and oxygen atoms in total. The van der Waals surface area contributed by atoms with Crippen molar-refractivity contribution < 1.29 is 9.21 Å². The van der Waals surface area contributed by atoms with E-state index in [-0.39, 0.29) is 5.78 Å². The van der Waals surface area contributed by atoms with Crippen molar-refractivity contribution in [1.82, 2.24) is 9.88 Å². The highest BCUT2D eigenvalue weighted by molar-refractivity contribution is 5.77. The Bertz CT molecular complexity index is 387. The van der Waals surface area contributed by atoms with Gasteiger partial charge in [-0.15, -0.1) is 0 Å². The van der Waals surface area contributed by atoms with Crippen LogP contribution in [0.1, 0.15) is 50.7 Å². The summed E-state index contributed by atoms with van der Waals surface area (Å²) in [6.45, 7) is 5.88. The minimum Gasteiger partial charge on any atom is -0.447 e. The van der Waals surface area contributed by atoms with Crippen molar-refractivity contribution in [2.75, 3.05) is 13.1 Å². The number of piperidine rings is 1. The van der Waals surface area contributed by atoms with Gasteiger partial charge >= 0.3 is 0 Å². The fourth-order valence-electron chi connectivity index (χ4n) is 2.46. The summed E-state index contributed by atoms with van der Waals surface area (Å²) in [4.78, 5) is 17.9. The fourth-order valence-corrected chi connectivity index (χ4v) is 2.46. The third-order valence-electron chi connectivity index (χ3n) is 3.30. The molecule has 1 unspecified atom stereocenters. The largest absolute Gasteiger partial charge is 0.447 e. The lowest BCUT2D eigenvalue weighted by molar-refractivity contribution is -0.116. The second kappa shape index (κ2) is 5.45. The molecule has 1 fully saturated rings. The van der Waals surface area contributed by atoms with Crippen LogP contribution in [0.5, 0.6) is 0 Å². The molecule has 0 amide bonds. The second-order valence-corrected chi connectivity index (χ2v) is 4.70. The molecule has 0 bridgehead atoms. The molecule has 17 heavy (non-hydrogen) atoms. The summed E-state index contributed by atoms with van der Waals surface area (Å²) >= 11 is 0. The smallest absolute Gasteiger partial charge is 0.211 e. The maximum absolute atomic E-state index is 11.0. The lowest BCUT2D eigenvalue weighted by atomic mass is 10.0. The van der Waals surface area contributed by atoms with E-state index in [1.807, 2.05) is 0 Å². The van der Waals surface area contributed by atoms with Crippen LogP contribution < -0.4 is 0 Å². The number of carbonyl (C=O) groups excluding carboxylic acids is 1. The highest BCUT2D eigenvalue weighted by Gasteiger charge is 2.26. The summed E-state index contributed by atoms with van der Waals surface area (Å²) in [5.74, 6) is 0.906. The Morgan fingerprint density at radius 1 is 1.59 bits per heavy atom. The van der Waals surface area contributed by atoms with Crippen molar-refractivity contribution in [1.29, 1.82) is 0 Å². The number of ketones is 1. The molecule has 1 aromatic heterocycles. The van der Waals surface area contributed by atoms with Crippen LogP contribution in [0.4, 0.5) is 0 Å². The second-order valence-electron chi connectivity index (χ2n) is 4.70. The third kappa shape index (κ3) is 2.94. The number of hydrogen-bond acceptors (Lipinski definition) is 4. The Labute approximate surface area is 102 Å². The molecule has 0 radical (unpaired) electrons. The van der Waals surface area contributed by atoms with Gasteiger partial charge in [-0.2, -0.15) is 0 Å². The first kappa shape index (κ1) is 12.3. The molecule has 0 aliphatic carbocycles. The quantitative estimate of drug-likeness (QED) is 0.805. The van der Waals surface area contributed by atoms with Crippen LogP contribution >= 0.6 is 0 Å². The van der Waals surface area contributed by atoms with E-state index in [9.17, 15) is 4.79 Å². The number of nitrogens with zero attached hydrogens (tertiary/aromatic N) is 2. The lowest BCUT2D eigenvalue weighted by Gasteiger charge is -2.32. The standard InChI is InChI=1S/C13H20N2O2/c1-3-15-7-5-4-6-12(15)13-14-11(9-17-13)8-10(2)16/h9,12H,3-8H2,1-2H3. The molecule has 0 spiro atoms. The normalized spacial score (nSPS) is 21.6. The Kier molecular flexibility index (Phi) is 3.94. The van der Waals surface area contributed by atoms with Crippen LogP contribution in [0.2, 0.25) is 0 Å². The van der Waals surface area contributed by atoms with Crippen molar-refractivity contribution >= 4 is 5.78 Å². The fraction of sp³-hybridized carbons (Fsp3) is 0.692. The molecule has 1 aliphatic heterocycles. The summed E-state index contributed by atoms with van der Waals surface area (Å²) in [7, 11) is 0. The van der Waals surface area contributed by atoms with Gasteiger partial charge < -0.3 is 4.42 Å². The summed E-state index contributed by atoms with van der Waals surface area (Å²) in [6, 6.07) is 0.300. The maximum Gasteiger partial charge on any atom is 0.211 e. The Balaban J connectivity index is 2.09. The highest BCUT2D eigenvalue weighted by atomic mass is 16.3. The van der Waals surface area contributed by atoms with Gasteiger partial charge in [-0.1, -0.05) is 13.3 Å². The molecule has 2 heterocycles. The molecule has 1 saturated heterocycles. The van der Waals surface area contributed by atoms with E-state index >= 15 is 0 Å². The SMILES string of the molecule is CCN1CCCCC1c1nc(CC(C)=O)co1. The first-order chi connectivity index (χ1) is 8.20. The molecule has 2 rings (SSSR count). The predicted octanol–water partition coefficient (Wildman–Crippen LogP) is 2.35. The first-order valence-corrected chi connectivity index (χ1v) is 6.38. The number of likely N-dealkylation sites (tertiary alicyclic amines) is 1. The maximum atomic E-state index is 11.0. The van der Waals surface area contributed by atoms with Crippen LogP contribution in [0.3, 0.4) is 0 Å². The van der Waals surface area contributed by atoms with Crippen LogP contribution in [0.25, 0.3) is 0 Å². The van der Waals surface area contributed by atoms with Crippen molar-refractivity contribution in [3.8, 4) is 0 Å². The first-order valence-electron chi connectivity index (χ1n) is 6.38. The molecule has 1 atom stereocenters. The molecular formula is C13H20N2O2. The van der Waals surface area contributed by atoms with Gasteiger partial charge in [0.05, 0.1) is 18.2 Å². The minimum absolute atomic E-state index is 0.126. The van der Waals surface area contributed by atoms with Gasteiger partial charge in [-0.3, -0.25) is 9.69 Å². The van der Waals surface area contributed by atoms with Crippen LogP contribution in [-0.4, -0.2) is 28.8 Å². The van der Waals surface area contributed by atoms with Gasteiger partial charge in [0, 0.05) is 0 Å². The summed E-state index contributed by atoms with van der Waals surface area (Å²) in [6.07, 6.45) is 5.59. The van der Waals surface area contributed by atoms with Gasteiger partial charge in [-0.05, 0) is 32.9 Å². The van der Waals surface area contributed by atoms with E-state index in [0.717, 1.165) is 31.1 Å². The topological polar surface area (TPSA) is 46.3 Å². The number of rotatable bonds is 4. The average molecular weight is 236 g/mol. The number of hydrogen-bond donors (Lipinski definition) is 0. The van der Waals surface area contributed by atoms with Gasteiger partial charge in [-0.25, -0.2) is 4.98 Å². The average Bonchev–Trinajstić information content (AvgIpc) is 2.76. The molecule has 0 N–H and O–H groups in total. The molecule has 1 aromatic rings. The Morgan fingerprint density at radius 2 is 2.41 bits per heavy atom. The molecule has 94 valence electrons. The molecule has 0 saturated carbocycles. The summed E-state index contributed by atoms with van der Waals surface area (Å²) in [5, 5.41) is 0. The van der Waals surface area contributed by atoms with Crippen molar-refractivity contribution in [3.63, 3.8) is 0 Å². The number of oxazole rings is 1. The molecule has 1 aliphatic rings. The van der Waals surface area contributed by atoms with E-state index in [0.29, 0.717) is 12.5 Å². The van der Waals surface area contributed by atoms with E-state index in [1.165, 1.54) is 12.8 Å². The lowest BCUT2D eigenvalue weighted by Crippen LogP contribution is -2.33. The minimum atomic E-state index is 0.126. The van der Waals surface area contributed by atoms with Crippen LogP contribution in [0, 0.1) is 0 Å². The molecular weight excluding hydrogens is 216 g/mol. The zero-order chi connectivity index (χ0) is 12.3. The van der Waals surface area contributed by atoms with Gasteiger partial charge in [0.2, 0.25) is 5.89 Å². The summed E-state index contributed by atoms with van der Waals surface area (Å²) in [5.41, 5.74) is 0.758. The Hall–Kier alpha value is -1.16. The molecule has 4 heteroatoms. The number of Topliss-reactive ketones (excluding diaryl/α,β-unsaturated/α-hetero) is 1. The van der Waals surface area contributed by atoms with Crippen LogP contribution in [0.15, 0.2) is 10.7 Å². The zero-order valence-electron chi connectivity index (χ0n) is 10.6. The van der Waals surface area contributed by atoms with Crippen molar-refractivity contribution in [3.05, 3.63) is 17.8 Å². The van der Waals surface area contributed by atoms with E-state index in [2.05, 4.69) is 16.8 Å². The predicted molar refractivity (Wildman–Crippen MR) is 64.7 cm³/mol.